The van der Waals surface area contributed by atoms with Gasteiger partial charge in [0.25, 0.3) is 6.36 Å². The van der Waals surface area contributed by atoms with Gasteiger partial charge in [0, 0.05) is 0 Å². The maximum absolute atomic E-state index is 11.6. The first-order chi connectivity index (χ1) is 4.57. The summed E-state index contributed by atoms with van der Waals surface area (Å²) in [7, 11) is 0. The van der Waals surface area contributed by atoms with Gasteiger partial charge in [-0.3, -0.25) is 0 Å². The van der Waals surface area contributed by atoms with Crippen molar-refractivity contribution in [1.29, 1.82) is 0 Å². The zero-order valence-corrected chi connectivity index (χ0v) is 4.69. The molecule has 0 aromatic heterocycles. The molecule has 0 aliphatic carbocycles. The normalized spacial score (nSPS) is 13.3. The summed E-state index contributed by atoms with van der Waals surface area (Å²) in [6.07, 6.45) is -5.99. The van der Waals surface area contributed by atoms with Crippen LogP contribution in [-0.2, 0) is 9.53 Å². The largest absolute Gasteiger partial charge is 0.424 e. The van der Waals surface area contributed by atoms with Crippen LogP contribution in [0, 0.1) is 0 Å². The van der Waals surface area contributed by atoms with Gasteiger partial charge in [0.05, 0.1) is 0 Å². The number of rotatable bonds is 3. The van der Waals surface area contributed by atoms with Gasteiger partial charge in [-0.25, -0.2) is 9.18 Å². The molecule has 0 aromatic carbocycles. The van der Waals surface area contributed by atoms with Crippen LogP contribution in [0.1, 0.15) is 0 Å². The Morgan fingerprint density at radius 1 is 1.40 bits per heavy atom. The maximum atomic E-state index is 11.6. The van der Waals surface area contributed by atoms with Crippen molar-refractivity contribution in [2.24, 2.45) is 0 Å². The number of carbonyl (C=O) groups excluding carboxylic acids is 1. The SMILES string of the molecule is O=C(OC(F)CF)C(F)F. The van der Waals surface area contributed by atoms with Crippen molar-refractivity contribution in [2.45, 2.75) is 12.8 Å². The summed E-state index contributed by atoms with van der Waals surface area (Å²) < 4.78 is 48.3. The van der Waals surface area contributed by atoms with Crippen LogP contribution >= 0.6 is 0 Å². The first kappa shape index (κ1) is 9.19. The highest BCUT2D eigenvalue weighted by Gasteiger charge is 2.21. The monoisotopic (exact) mass is 160 g/mol. The number of alkyl halides is 4. The second-order valence-corrected chi connectivity index (χ2v) is 1.30. The summed E-state index contributed by atoms with van der Waals surface area (Å²) >= 11 is 0. The van der Waals surface area contributed by atoms with Gasteiger partial charge in [-0.1, -0.05) is 0 Å². The molecule has 0 bridgehead atoms. The number of esters is 1. The lowest BCUT2D eigenvalue weighted by molar-refractivity contribution is -0.172. The van der Waals surface area contributed by atoms with Crippen molar-refractivity contribution >= 4 is 5.97 Å². The van der Waals surface area contributed by atoms with E-state index in [1.807, 2.05) is 0 Å². The molecule has 0 aliphatic heterocycles. The molecule has 2 nitrogen and oxygen atoms in total. The molecule has 0 heterocycles. The molecule has 1 atom stereocenters. The van der Waals surface area contributed by atoms with Crippen LogP contribution in [0.4, 0.5) is 17.6 Å². The topological polar surface area (TPSA) is 26.3 Å². The molecule has 0 aliphatic rings. The molecule has 0 aromatic rings. The van der Waals surface area contributed by atoms with Crippen LogP contribution in [0.5, 0.6) is 0 Å². The highest BCUT2D eigenvalue weighted by molar-refractivity contribution is 5.72. The molecule has 0 N–H and O–H groups in total. The molecule has 1 unspecified atom stereocenters. The summed E-state index contributed by atoms with van der Waals surface area (Å²) in [5, 5.41) is 0. The van der Waals surface area contributed by atoms with Crippen LogP contribution in [0.3, 0.4) is 0 Å². The van der Waals surface area contributed by atoms with Crippen molar-refractivity contribution in [2.75, 3.05) is 6.67 Å². The fourth-order valence-electron chi connectivity index (χ4n) is 0.209. The second-order valence-electron chi connectivity index (χ2n) is 1.30. The van der Waals surface area contributed by atoms with Gasteiger partial charge in [0.15, 0.2) is 6.67 Å². The lowest BCUT2D eigenvalue weighted by Gasteiger charge is -2.03. The molecule has 6 heteroatoms. The molecule has 10 heavy (non-hydrogen) atoms. The fourth-order valence-corrected chi connectivity index (χ4v) is 0.209. The van der Waals surface area contributed by atoms with E-state index in [1.165, 1.54) is 0 Å². The van der Waals surface area contributed by atoms with E-state index in [0.29, 0.717) is 0 Å². The number of ether oxygens (including phenoxy) is 1. The van der Waals surface area contributed by atoms with Crippen molar-refractivity contribution in [3.8, 4) is 0 Å². The number of hydrogen-bond acceptors (Lipinski definition) is 2. The van der Waals surface area contributed by atoms with Crippen molar-refractivity contribution in [3.63, 3.8) is 0 Å². The highest BCUT2D eigenvalue weighted by atomic mass is 19.3. The van der Waals surface area contributed by atoms with Crippen LogP contribution in [0.2, 0.25) is 0 Å². The molecule has 60 valence electrons. The third kappa shape index (κ3) is 3.26. The van der Waals surface area contributed by atoms with E-state index in [4.69, 9.17) is 0 Å². The van der Waals surface area contributed by atoms with Gasteiger partial charge in [0.2, 0.25) is 0 Å². The lowest BCUT2D eigenvalue weighted by Crippen LogP contribution is -2.20. The molecule has 0 spiro atoms. The predicted molar refractivity (Wildman–Crippen MR) is 23.0 cm³/mol. The Balaban J connectivity index is 3.57. The Kier molecular flexibility index (Phi) is 3.75. The molecular weight excluding hydrogens is 156 g/mol. The van der Waals surface area contributed by atoms with E-state index in [1.54, 1.807) is 0 Å². The molecule has 0 saturated carbocycles. The maximum Gasteiger partial charge on any atom is 0.376 e. The zero-order valence-electron chi connectivity index (χ0n) is 4.69. The van der Waals surface area contributed by atoms with E-state index in [9.17, 15) is 22.4 Å². The standard InChI is InChI=1S/C4H4F4O2/c5-1-2(6)10-4(9)3(7)8/h2-3H,1H2. The predicted octanol–water partition coefficient (Wildman–Crippen LogP) is 1.06. The van der Waals surface area contributed by atoms with Gasteiger partial charge < -0.3 is 4.74 Å². The second kappa shape index (κ2) is 4.08. The number of halogens is 4. The summed E-state index contributed by atoms with van der Waals surface area (Å²) in [6, 6.07) is 0. The molecule has 0 amide bonds. The quantitative estimate of drug-likeness (QED) is 0.455. The smallest absolute Gasteiger partial charge is 0.376 e. The Labute approximate surface area is 53.8 Å². The van der Waals surface area contributed by atoms with Crippen molar-refractivity contribution in [1.82, 2.24) is 0 Å². The van der Waals surface area contributed by atoms with Gasteiger partial charge in [-0.05, 0) is 0 Å². The van der Waals surface area contributed by atoms with E-state index >= 15 is 0 Å². The van der Waals surface area contributed by atoms with Gasteiger partial charge in [0.1, 0.15) is 0 Å². The van der Waals surface area contributed by atoms with Gasteiger partial charge in [-0.15, -0.1) is 0 Å². The number of carbonyl (C=O) groups is 1. The Morgan fingerprint density at radius 2 is 1.90 bits per heavy atom. The minimum absolute atomic E-state index is 1.61. The summed E-state index contributed by atoms with van der Waals surface area (Å²) in [5.41, 5.74) is 0. The first-order valence-electron chi connectivity index (χ1n) is 2.26. The molecule has 0 saturated heterocycles. The highest BCUT2D eigenvalue weighted by Crippen LogP contribution is 2.01. The van der Waals surface area contributed by atoms with E-state index in [2.05, 4.69) is 4.74 Å². The molecule has 0 fully saturated rings. The molecule has 0 radical (unpaired) electrons. The fraction of sp³-hybridized carbons (Fsp3) is 0.750. The Morgan fingerprint density at radius 3 is 2.20 bits per heavy atom. The summed E-state index contributed by atoms with van der Waals surface area (Å²) in [5.74, 6) is -2.05. The summed E-state index contributed by atoms with van der Waals surface area (Å²) in [4.78, 5) is 9.73. The van der Waals surface area contributed by atoms with Crippen LogP contribution in [0.25, 0.3) is 0 Å². The Hall–Kier alpha value is -0.810. The van der Waals surface area contributed by atoms with E-state index in [0.717, 1.165) is 0 Å². The van der Waals surface area contributed by atoms with E-state index < -0.39 is 25.4 Å². The minimum atomic E-state index is -3.41. The van der Waals surface area contributed by atoms with Crippen molar-refractivity contribution in [3.05, 3.63) is 0 Å². The average molecular weight is 160 g/mol. The third-order valence-corrected chi connectivity index (χ3v) is 0.544. The van der Waals surface area contributed by atoms with E-state index in [-0.39, 0.29) is 0 Å². The third-order valence-electron chi connectivity index (χ3n) is 0.544. The Bertz CT molecular complexity index is 116. The summed E-state index contributed by atoms with van der Waals surface area (Å²) in [6.45, 7) is -1.61. The first-order valence-corrected chi connectivity index (χ1v) is 2.26. The lowest BCUT2D eigenvalue weighted by atomic mass is 10.7. The minimum Gasteiger partial charge on any atom is -0.424 e. The molecular formula is C4H4F4O2. The van der Waals surface area contributed by atoms with Gasteiger partial charge >= 0.3 is 12.4 Å². The van der Waals surface area contributed by atoms with Crippen LogP contribution in [-0.4, -0.2) is 25.4 Å². The van der Waals surface area contributed by atoms with Crippen molar-refractivity contribution < 1.29 is 27.1 Å². The van der Waals surface area contributed by atoms with Crippen LogP contribution < -0.4 is 0 Å². The van der Waals surface area contributed by atoms with Gasteiger partial charge in [-0.2, -0.15) is 13.2 Å². The number of hydrogen-bond donors (Lipinski definition) is 0. The average Bonchev–Trinajstić information content (AvgIpc) is 1.87. The van der Waals surface area contributed by atoms with Crippen LogP contribution in [0.15, 0.2) is 0 Å². The zero-order chi connectivity index (χ0) is 8.15. The molecule has 0 rings (SSSR count).